The van der Waals surface area contributed by atoms with Crippen molar-refractivity contribution in [3.8, 4) is 5.69 Å². The molecule has 1 aromatic carbocycles. The first-order valence-corrected chi connectivity index (χ1v) is 8.19. The predicted octanol–water partition coefficient (Wildman–Crippen LogP) is 1.55. The molecule has 1 saturated heterocycles. The van der Waals surface area contributed by atoms with Gasteiger partial charge in [-0.05, 0) is 31.2 Å². The molecular weight excluding hydrogens is 381 g/mol. The molecule has 0 aliphatic carbocycles. The number of carboxylic acids is 1. The monoisotopic (exact) mass is 396 g/mol. The summed E-state index contributed by atoms with van der Waals surface area (Å²) in [4.78, 5) is 36.7. The van der Waals surface area contributed by atoms with Crippen LogP contribution in [0.4, 0.5) is 13.2 Å². The van der Waals surface area contributed by atoms with Gasteiger partial charge < -0.3 is 15.3 Å². The standard InChI is InChI=1S/C17H15F3N4O4/c1-9-14(25)21-6-7-23(9)15(26)10-2-4-11(5-3-10)24-13(17(18,19)20)12(8-22-24)16(27)28/h2-5,8-9H,6-7H2,1H3,(H,21,25)(H,27,28). The van der Waals surface area contributed by atoms with Gasteiger partial charge in [0.25, 0.3) is 5.91 Å². The molecule has 3 rings (SSSR count). The highest BCUT2D eigenvalue weighted by molar-refractivity contribution is 5.98. The summed E-state index contributed by atoms with van der Waals surface area (Å²) in [5, 5.41) is 15.1. The predicted molar refractivity (Wildman–Crippen MR) is 89.0 cm³/mol. The average molecular weight is 396 g/mol. The summed E-state index contributed by atoms with van der Waals surface area (Å²) >= 11 is 0. The van der Waals surface area contributed by atoms with E-state index in [4.69, 9.17) is 5.11 Å². The minimum atomic E-state index is -4.94. The summed E-state index contributed by atoms with van der Waals surface area (Å²) in [6.07, 6.45) is -4.31. The molecule has 1 aliphatic rings. The van der Waals surface area contributed by atoms with Crippen LogP contribution in [0.15, 0.2) is 30.5 Å². The van der Waals surface area contributed by atoms with Crippen LogP contribution in [-0.2, 0) is 11.0 Å². The minimum absolute atomic E-state index is 0.0548. The van der Waals surface area contributed by atoms with Crippen molar-refractivity contribution in [2.75, 3.05) is 13.1 Å². The Hall–Kier alpha value is -3.37. The lowest BCUT2D eigenvalue weighted by Crippen LogP contribution is -2.55. The van der Waals surface area contributed by atoms with Crippen molar-refractivity contribution in [2.45, 2.75) is 19.1 Å². The van der Waals surface area contributed by atoms with Crippen LogP contribution in [0.25, 0.3) is 5.69 Å². The number of hydrogen-bond acceptors (Lipinski definition) is 4. The maximum atomic E-state index is 13.3. The molecule has 2 amide bonds. The van der Waals surface area contributed by atoms with Crippen molar-refractivity contribution in [3.63, 3.8) is 0 Å². The summed E-state index contributed by atoms with van der Waals surface area (Å²) in [5.74, 6) is -2.47. The molecule has 11 heteroatoms. The molecule has 148 valence electrons. The highest BCUT2D eigenvalue weighted by Crippen LogP contribution is 2.33. The zero-order valence-corrected chi connectivity index (χ0v) is 14.5. The third-order valence-corrected chi connectivity index (χ3v) is 4.39. The van der Waals surface area contributed by atoms with Crippen LogP contribution in [-0.4, -0.2) is 56.7 Å². The summed E-state index contributed by atoms with van der Waals surface area (Å²) in [5.41, 5.74) is -2.26. The Morgan fingerprint density at radius 1 is 1.25 bits per heavy atom. The molecular formula is C17H15F3N4O4. The van der Waals surface area contributed by atoms with Crippen LogP contribution < -0.4 is 5.32 Å². The first kappa shape index (κ1) is 19.4. The Morgan fingerprint density at radius 2 is 1.89 bits per heavy atom. The van der Waals surface area contributed by atoms with Gasteiger partial charge in [0, 0.05) is 18.7 Å². The van der Waals surface area contributed by atoms with Crippen molar-refractivity contribution >= 4 is 17.8 Å². The van der Waals surface area contributed by atoms with Crippen LogP contribution in [0.3, 0.4) is 0 Å². The molecule has 2 N–H and O–H groups in total. The van der Waals surface area contributed by atoms with E-state index in [0.717, 1.165) is 0 Å². The fourth-order valence-electron chi connectivity index (χ4n) is 2.94. The maximum Gasteiger partial charge on any atom is 0.434 e. The molecule has 1 aliphatic heterocycles. The van der Waals surface area contributed by atoms with Gasteiger partial charge in [-0.15, -0.1) is 0 Å². The number of nitrogens with one attached hydrogen (secondary N) is 1. The quantitative estimate of drug-likeness (QED) is 0.819. The number of halogens is 3. The number of aromatic nitrogens is 2. The Kier molecular flexibility index (Phi) is 4.84. The third kappa shape index (κ3) is 3.42. The Morgan fingerprint density at radius 3 is 2.46 bits per heavy atom. The van der Waals surface area contributed by atoms with Crippen LogP contribution in [0.2, 0.25) is 0 Å². The van der Waals surface area contributed by atoms with E-state index < -0.39 is 35.4 Å². The molecule has 1 atom stereocenters. The lowest BCUT2D eigenvalue weighted by molar-refractivity contribution is -0.143. The molecule has 28 heavy (non-hydrogen) atoms. The van der Waals surface area contributed by atoms with E-state index >= 15 is 0 Å². The van der Waals surface area contributed by atoms with E-state index in [1.807, 2.05) is 0 Å². The molecule has 2 aromatic rings. The number of amides is 2. The van der Waals surface area contributed by atoms with Gasteiger partial charge in [-0.1, -0.05) is 0 Å². The number of piperazine rings is 1. The highest BCUT2D eigenvalue weighted by Gasteiger charge is 2.40. The Bertz CT molecular complexity index is 937. The van der Waals surface area contributed by atoms with E-state index in [2.05, 4.69) is 10.4 Å². The molecule has 0 spiro atoms. The minimum Gasteiger partial charge on any atom is -0.478 e. The number of hydrogen-bond donors (Lipinski definition) is 2. The zero-order valence-electron chi connectivity index (χ0n) is 14.5. The second kappa shape index (κ2) is 6.98. The zero-order chi connectivity index (χ0) is 20.6. The van der Waals surface area contributed by atoms with Crippen LogP contribution >= 0.6 is 0 Å². The number of alkyl halides is 3. The average Bonchev–Trinajstić information content (AvgIpc) is 3.09. The van der Waals surface area contributed by atoms with E-state index in [-0.39, 0.29) is 17.2 Å². The van der Waals surface area contributed by atoms with Gasteiger partial charge in [-0.25, -0.2) is 9.48 Å². The molecule has 0 saturated carbocycles. The fourth-order valence-corrected chi connectivity index (χ4v) is 2.94. The molecule has 1 unspecified atom stereocenters. The number of carbonyl (C=O) groups is 3. The number of aromatic carboxylic acids is 1. The number of nitrogens with zero attached hydrogens (tertiary/aromatic N) is 3. The van der Waals surface area contributed by atoms with E-state index in [0.29, 0.717) is 24.0 Å². The van der Waals surface area contributed by atoms with Crippen LogP contribution in [0.1, 0.15) is 33.3 Å². The number of benzene rings is 1. The molecule has 0 radical (unpaired) electrons. The largest absolute Gasteiger partial charge is 0.478 e. The first-order valence-electron chi connectivity index (χ1n) is 8.19. The topological polar surface area (TPSA) is 105 Å². The van der Waals surface area contributed by atoms with Gasteiger partial charge in [0.2, 0.25) is 5.91 Å². The van der Waals surface area contributed by atoms with E-state index in [1.165, 1.54) is 29.2 Å². The summed E-state index contributed by atoms with van der Waals surface area (Å²) < 4.78 is 40.4. The van der Waals surface area contributed by atoms with E-state index in [1.54, 1.807) is 6.92 Å². The Labute approximate surface area is 156 Å². The van der Waals surface area contributed by atoms with Gasteiger partial charge in [-0.3, -0.25) is 9.59 Å². The first-order chi connectivity index (χ1) is 13.1. The smallest absolute Gasteiger partial charge is 0.434 e. The van der Waals surface area contributed by atoms with Crippen LogP contribution in [0.5, 0.6) is 0 Å². The molecule has 0 bridgehead atoms. The van der Waals surface area contributed by atoms with Gasteiger partial charge >= 0.3 is 12.1 Å². The number of rotatable bonds is 3. The number of carboxylic acid groups (broad SMARTS) is 1. The van der Waals surface area contributed by atoms with Crippen molar-refractivity contribution in [1.82, 2.24) is 20.0 Å². The van der Waals surface area contributed by atoms with Crippen molar-refractivity contribution < 1.29 is 32.7 Å². The highest BCUT2D eigenvalue weighted by atomic mass is 19.4. The lowest BCUT2D eigenvalue weighted by Gasteiger charge is -2.32. The second-order valence-electron chi connectivity index (χ2n) is 6.13. The normalized spacial score (nSPS) is 17.4. The second-order valence-corrected chi connectivity index (χ2v) is 6.13. The van der Waals surface area contributed by atoms with Gasteiger partial charge in [-0.2, -0.15) is 18.3 Å². The van der Waals surface area contributed by atoms with Gasteiger partial charge in [0.15, 0.2) is 5.69 Å². The molecule has 1 aromatic heterocycles. The molecule has 2 heterocycles. The van der Waals surface area contributed by atoms with Gasteiger partial charge in [0.1, 0.15) is 11.6 Å². The summed E-state index contributed by atoms with van der Waals surface area (Å²) in [6, 6.07) is 4.41. The van der Waals surface area contributed by atoms with Crippen molar-refractivity contribution in [2.24, 2.45) is 0 Å². The molecule has 8 nitrogen and oxygen atoms in total. The lowest BCUT2D eigenvalue weighted by atomic mass is 10.1. The fraction of sp³-hybridized carbons (Fsp3) is 0.294. The summed E-state index contributed by atoms with van der Waals surface area (Å²) in [7, 11) is 0. The van der Waals surface area contributed by atoms with Gasteiger partial charge in [0.05, 0.1) is 11.9 Å². The van der Waals surface area contributed by atoms with E-state index in [9.17, 15) is 27.6 Å². The molecule has 1 fully saturated rings. The van der Waals surface area contributed by atoms with Crippen molar-refractivity contribution in [3.05, 3.63) is 47.3 Å². The third-order valence-electron chi connectivity index (χ3n) is 4.39. The maximum absolute atomic E-state index is 13.3. The van der Waals surface area contributed by atoms with Crippen molar-refractivity contribution in [1.29, 1.82) is 0 Å². The Balaban J connectivity index is 1.93. The summed E-state index contributed by atoms with van der Waals surface area (Å²) in [6.45, 7) is 2.20. The number of carbonyl (C=O) groups excluding carboxylic acids is 2. The SMILES string of the molecule is CC1C(=O)NCCN1C(=O)c1ccc(-n2ncc(C(=O)O)c2C(F)(F)F)cc1. The van der Waals surface area contributed by atoms with Crippen LogP contribution in [0, 0.1) is 0 Å².